The van der Waals surface area contributed by atoms with Crippen LogP contribution in [-0.4, -0.2) is 122 Å². The Morgan fingerprint density at radius 3 is 1.54 bits per heavy atom. The van der Waals surface area contributed by atoms with Crippen LogP contribution in [0.15, 0.2) is 146 Å². The van der Waals surface area contributed by atoms with E-state index in [1.807, 2.05) is 0 Å². The van der Waals surface area contributed by atoms with Gasteiger partial charge in [-0.3, -0.25) is 0 Å². The van der Waals surface area contributed by atoms with Crippen molar-refractivity contribution in [3.05, 3.63) is 179 Å². The largest absolute Gasteiger partial charge is 0.623 e. The Morgan fingerprint density at radius 1 is 0.600 bits per heavy atom. The van der Waals surface area contributed by atoms with Gasteiger partial charge in [0.15, 0.2) is 43.2 Å². The summed E-state index contributed by atoms with van der Waals surface area (Å²) in [5.41, 5.74) is 0.950. The molecular formula is C49H47NO15. The highest BCUT2D eigenvalue weighted by Crippen LogP contribution is 2.35. The summed E-state index contributed by atoms with van der Waals surface area (Å²) in [5, 5.41) is 25.9. The lowest BCUT2D eigenvalue weighted by molar-refractivity contribution is -0.543. The number of methoxy groups -OCH3 is 2. The first-order valence-corrected chi connectivity index (χ1v) is 20.7. The van der Waals surface area contributed by atoms with Crippen LogP contribution >= 0.6 is 0 Å². The highest BCUT2D eigenvalue weighted by atomic mass is 16.8. The summed E-state index contributed by atoms with van der Waals surface area (Å²) in [4.78, 5) is 55.4. The van der Waals surface area contributed by atoms with Crippen LogP contribution < -0.4 is 4.74 Å². The zero-order chi connectivity index (χ0) is 45.9. The van der Waals surface area contributed by atoms with E-state index in [1.165, 1.54) is 69.0 Å². The number of ether oxygens (including phenoxy) is 9. The van der Waals surface area contributed by atoms with Crippen LogP contribution in [0.3, 0.4) is 0 Å². The maximum Gasteiger partial charge on any atom is 0.338 e. The van der Waals surface area contributed by atoms with Gasteiger partial charge in [-0.2, -0.15) is 0 Å². The number of nitrogens with zero attached hydrogens (tertiary/aromatic N) is 1. The lowest BCUT2D eigenvalue weighted by Gasteiger charge is -2.47. The summed E-state index contributed by atoms with van der Waals surface area (Å²) in [6, 6.07) is 37.1. The minimum absolute atomic E-state index is 0.0805. The monoisotopic (exact) mass is 889 g/mol. The number of aliphatic hydroxyl groups excluding tert-OH is 1. The predicted octanol–water partition coefficient (Wildman–Crippen LogP) is 5.39. The summed E-state index contributed by atoms with van der Waals surface area (Å²) >= 11 is 0. The van der Waals surface area contributed by atoms with Crippen molar-refractivity contribution in [3.63, 3.8) is 0 Å². The molecule has 10 atom stereocenters. The number of benzene rings is 5. The number of hydrogen-bond donors (Lipinski definition) is 1. The van der Waals surface area contributed by atoms with Gasteiger partial charge in [-0.15, -0.1) is 0 Å². The van der Waals surface area contributed by atoms with Crippen molar-refractivity contribution >= 4 is 30.1 Å². The van der Waals surface area contributed by atoms with E-state index >= 15 is 0 Å². The summed E-state index contributed by atoms with van der Waals surface area (Å²) in [6.07, 6.45) is -12.8. The lowest BCUT2D eigenvalue weighted by Crippen LogP contribution is -2.66. The second kappa shape index (κ2) is 21.6. The second-order valence-electron chi connectivity index (χ2n) is 15.0. The molecule has 2 fully saturated rings. The highest BCUT2D eigenvalue weighted by molar-refractivity contribution is 5.91. The summed E-state index contributed by atoms with van der Waals surface area (Å²) in [7, 11) is 2.81. The van der Waals surface area contributed by atoms with Gasteiger partial charge in [0.05, 0.1) is 29.4 Å². The van der Waals surface area contributed by atoms with Gasteiger partial charge < -0.3 is 52.9 Å². The Morgan fingerprint density at radius 2 is 1.06 bits per heavy atom. The Balaban J connectivity index is 1.30. The first kappa shape index (κ1) is 46.1. The minimum Gasteiger partial charge on any atom is -0.623 e. The van der Waals surface area contributed by atoms with Gasteiger partial charge in [0.25, 0.3) is 0 Å². The summed E-state index contributed by atoms with van der Waals surface area (Å²) < 4.78 is 54.6. The SMILES string of the molecule is COc1ccc(/C=[N+](\[O-])[C@H]2[C@H](O)[C@@H](O[C@@H]3O[C@H](COC(=O)c4ccccc4)[C@@H](OC(=O)c4ccccc4)[C@H](OC(=O)c4ccccc4)[C@H]3OC(=O)c3ccccc3)[C@@H](OC)O[C@@H]2C)cc1. The molecule has 5 aromatic carbocycles. The van der Waals surface area contributed by atoms with Gasteiger partial charge >= 0.3 is 23.9 Å². The first-order valence-electron chi connectivity index (χ1n) is 20.7. The molecule has 0 saturated carbocycles. The maximum absolute atomic E-state index is 14.1. The molecule has 0 radical (unpaired) electrons. The Labute approximate surface area is 374 Å². The zero-order valence-corrected chi connectivity index (χ0v) is 35.5. The van der Waals surface area contributed by atoms with Crippen LogP contribution in [0, 0.1) is 5.21 Å². The van der Waals surface area contributed by atoms with Crippen molar-refractivity contribution in [1.82, 2.24) is 0 Å². The summed E-state index contributed by atoms with van der Waals surface area (Å²) in [5.74, 6) is -2.93. The Bertz CT molecular complexity index is 2380. The van der Waals surface area contributed by atoms with E-state index in [1.54, 1.807) is 104 Å². The number of carbonyl (C=O) groups excluding carboxylic acids is 4. The average molecular weight is 890 g/mol. The molecule has 0 spiro atoms. The fraction of sp³-hybridized carbons (Fsp3) is 0.286. The molecule has 0 amide bonds. The maximum atomic E-state index is 14.1. The van der Waals surface area contributed by atoms with Crippen molar-refractivity contribution in [1.29, 1.82) is 0 Å². The van der Waals surface area contributed by atoms with Crippen molar-refractivity contribution in [2.75, 3.05) is 20.8 Å². The van der Waals surface area contributed by atoms with E-state index in [0.29, 0.717) is 16.1 Å². The van der Waals surface area contributed by atoms with Crippen LogP contribution in [0.25, 0.3) is 0 Å². The van der Waals surface area contributed by atoms with Gasteiger partial charge in [-0.25, -0.2) is 23.9 Å². The molecule has 5 aromatic rings. The van der Waals surface area contributed by atoms with Crippen molar-refractivity contribution in [3.8, 4) is 5.75 Å². The number of esters is 4. The molecular weight excluding hydrogens is 843 g/mol. The van der Waals surface area contributed by atoms with E-state index in [9.17, 15) is 29.5 Å². The van der Waals surface area contributed by atoms with Gasteiger partial charge in [0.1, 0.15) is 30.7 Å². The fourth-order valence-electron chi connectivity index (χ4n) is 7.41. The van der Waals surface area contributed by atoms with Crippen molar-refractivity contribution in [2.24, 2.45) is 0 Å². The molecule has 0 unspecified atom stereocenters. The molecule has 2 aliphatic rings. The van der Waals surface area contributed by atoms with E-state index in [-0.39, 0.29) is 22.3 Å². The highest BCUT2D eigenvalue weighted by Gasteiger charge is 2.57. The molecule has 16 heteroatoms. The predicted molar refractivity (Wildman–Crippen MR) is 230 cm³/mol. The molecule has 2 saturated heterocycles. The molecule has 1 N–H and O–H groups in total. The Hall–Kier alpha value is -6.95. The van der Waals surface area contributed by atoms with Crippen molar-refractivity contribution in [2.45, 2.75) is 68.3 Å². The summed E-state index contributed by atoms with van der Waals surface area (Å²) in [6.45, 7) is 0.952. The van der Waals surface area contributed by atoms with Gasteiger partial charge in [-0.1, -0.05) is 72.8 Å². The van der Waals surface area contributed by atoms with E-state index in [2.05, 4.69) is 0 Å². The molecule has 0 aliphatic carbocycles. The normalized spacial score (nSPS) is 25.4. The number of rotatable bonds is 15. The lowest BCUT2D eigenvalue weighted by atomic mass is 9.95. The third kappa shape index (κ3) is 11.2. The molecule has 0 aromatic heterocycles. The van der Waals surface area contributed by atoms with Crippen LogP contribution in [0.4, 0.5) is 0 Å². The number of aliphatic hydroxyl groups is 1. The molecule has 2 heterocycles. The quantitative estimate of drug-likeness (QED) is 0.0351. The standard InChI is InChI=1S/C49H47NO15/c1-30-38(50(56)28-31-24-26-36(57-2)27-25-31)39(51)41(48(58-3)60-30)65-49-43(64-47(55)35-22-14-7-15-23-35)42(63-46(54)34-20-12-6-13-21-34)40(62-45(53)33-18-10-5-11-19-33)37(61-49)29-59-44(52)32-16-8-4-9-17-32/h4-28,30,37-43,48-49,51H,29H2,1-3H3/b50-28-/t30-,37-,38-,39+,40-,41-,42+,43-,48+,49+/m1/s1. The molecule has 65 heavy (non-hydrogen) atoms. The Kier molecular flexibility index (Phi) is 15.3. The topological polar surface area (TPSA) is 198 Å². The zero-order valence-electron chi connectivity index (χ0n) is 35.5. The number of hydroxylamine groups is 1. The molecule has 7 rings (SSSR count). The van der Waals surface area contributed by atoms with Crippen LogP contribution in [-0.2, 0) is 37.9 Å². The van der Waals surface area contributed by atoms with E-state index in [0.717, 1.165) is 0 Å². The van der Waals surface area contributed by atoms with Crippen molar-refractivity contribution < 1.29 is 71.7 Å². The molecule has 338 valence electrons. The smallest absolute Gasteiger partial charge is 0.338 e. The third-order valence-corrected chi connectivity index (χ3v) is 10.7. The van der Waals surface area contributed by atoms with Gasteiger partial charge in [0, 0.05) is 12.7 Å². The first-order chi connectivity index (χ1) is 31.5. The van der Waals surface area contributed by atoms with Crippen LogP contribution in [0.5, 0.6) is 5.75 Å². The second-order valence-corrected chi connectivity index (χ2v) is 15.0. The number of hydrogen-bond acceptors (Lipinski definition) is 15. The average Bonchev–Trinajstić information content (AvgIpc) is 3.34. The van der Waals surface area contributed by atoms with Gasteiger partial charge in [-0.05, 0) is 79.7 Å². The van der Waals surface area contributed by atoms with E-state index in [4.69, 9.17) is 42.6 Å². The molecule has 0 bridgehead atoms. The molecule has 2 aliphatic heterocycles. The molecule has 16 nitrogen and oxygen atoms in total. The van der Waals surface area contributed by atoms with Crippen LogP contribution in [0.2, 0.25) is 0 Å². The van der Waals surface area contributed by atoms with E-state index < -0.39 is 91.8 Å². The van der Waals surface area contributed by atoms with Gasteiger partial charge in [0.2, 0.25) is 6.04 Å². The minimum atomic E-state index is -1.83. The third-order valence-electron chi connectivity index (χ3n) is 10.7. The fourth-order valence-corrected chi connectivity index (χ4v) is 7.41. The number of carbonyl (C=O) groups is 4. The van der Waals surface area contributed by atoms with Crippen LogP contribution in [0.1, 0.15) is 53.9 Å².